The fourth-order valence-corrected chi connectivity index (χ4v) is 1.77. The minimum atomic E-state index is 0.0322. The largest absolute Gasteiger partial charge is 0.324 e. The zero-order chi connectivity index (χ0) is 10.7. The van der Waals surface area contributed by atoms with Crippen LogP contribution in [-0.4, -0.2) is 0 Å². The van der Waals surface area contributed by atoms with E-state index < -0.39 is 0 Å². The van der Waals surface area contributed by atoms with Gasteiger partial charge >= 0.3 is 0 Å². The van der Waals surface area contributed by atoms with Crippen LogP contribution in [-0.2, 0) is 0 Å². The molecule has 14 heavy (non-hydrogen) atoms. The summed E-state index contributed by atoms with van der Waals surface area (Å²) in [6, 6.07) is 5.84. The van der Waals surface area contributed by atoms with Gasteiger partial charge in [0.2, 0.25) is 0 Å². The molecule has 1 rings (SSSR count). The predicted molar refractivity (Wildman–Crippen MR) is 62.5 cm³/mol. The zero-order valence-corrected chi connectivity index (χ0v) is 9.43. The highest BCUT2D eigenvalue weighted by atomic mass is 35.5. The van der Waals surface area contributed by atoms with Gasteiger partial charge in [-0.05, 0) is 43.5 Å². The van der Waals surface area contributed by atoms with Crippen molar-refractivity contribution in [2.24, 2.45) is 5.73 Å². The summed E-state index contributed by atoms with van der Waals surface area (Å²) < 4.78 is 0. The molecule has 0 amide bonds. The van der Waals surface area contributed by atoms with E-state index >= 15 is 0 Å². The van der Waals surface area contributed by atoms with E-state index in [1.807, 2.05) is 32.0 Å². The molecule has 2 N–H and O–H groups in total. The van der Waals surface area contributed by atoms with Gasteiger partial charge in [-0.1, -0.05) is 23.2 Å². The van der Waals surface area contributed by atoms with Crippen molar-refractivity contribution in [1.29, 1.82) is 0 Å². The number of hydrogen-bond donors (Lipinski definition) is 1. The Morgan fingerprint density at radius 3 is 2.71 bits per heavy atom. The zero-order valence-electron chi connectivity index (χ0n) is 8.68. The highest BCUT2D eigenvalue weighted by Gasteiger charge is 2.08. The van der Waals surface area contributed by atoms with Crippen LogP contribution >= 0.6 is 11.6 Å². The van der Waals surface area contributed by atoms with Crippen LogP contribution in [0.3, 0.4) is 0 Å². The van der Waals surface area contributed by atoms with Crippen molar-refractivity contribution in [2.75, 3.05) is 0 Å². The predicted octanol–water partition coefficient (Wildman–Crippen LogP) is 3.61. The molecule has 2 heteroatoms. The Labute approximate surface area is 90.6 Å². The lowest BCUT2D eigenvalue weighted by Gasteiger charge is -2.14. The van der Waals surface area contributed by atoms with Crippen LogP contribution in [0.15, 0.2) is 30.4 Å². The van der Waals surface area contributed by atoms with E-state index in [0.29, 0.717) is 0 Å². The molecule has 0 heterocycles. The minimum absolute atomic E-state index is 0.0322. The Balaban J connectivity index is 2.90. The number of aryl methyl sites for hydroxylation is 1. The van der Waals surface area contributed by atoms with Crippen LogP contribution in [0.2, 0.25) is 5.02 Å². The van der Waals surface area contributed by atoms with E-state index in [2.05, 4.69) is 6.58 Å². The number of nitrogens with two attached hydrogens (primary N) is 1. The van der Waals surface area contributed by atoms with Crippen LogP contribution in [0, 0.1) is 6.92 Å². The Kier molecular flexibility index (Phi) is 3.73. The van der Waals surface area contributed by atoms with Gasteiger partial charge in [0, 0.05) is 11.1 Å². The molecule has 0 aliphatic carbocycles. The molecule has 0 aliphatic heterocycles. The Morgan fingerprint density at radius 2 is 2.21 bits per heavy atom. The first-order valence-corrected chi connectivity index (χ1v) is 5.04. The first-order valence-electron chi connectivity index (χ1n) is 4.66. The molecular weight excluding hydrogens is 194 g/mol. The first-order chi connectivity index (χ1) is 6.50. The summed E-state index contributed by atoms with van der Waals surface area (Å²) >= 11 is 5.87. The molecule has 0 saturated heterocycles. The summed E-state index contributed by atoms with van der Waals surface area (Å²) in [4.78, 5) is 0. The SMILES string of the molecule is C=C(C)C[C@@H](N)c1ccc(Cl)cc1C. The molecule has 0 bridgehead atoms. The molecule has 0 unspecified atom stereocenters. The quantitative estimate of drug-likeness (QED) is 0.757. The maximum absolute atomic E-state index is 6.04. The van der Waals surface area contributed by atoms with Crippen molar-refractivity contribution in [3.63, 3.8) is 0 Å². The molecule has 1 atom stereocenters. The van der Waals surface area contributed by atoms with E-state index in [1.54, 1.807) is 0 Å². The van der Waals surface area contributed by atoms with E-state index in [-0.39, 0.29) is 6.04 Å². The molecule has 1 aromatic carbocycles. The van der Waals surface area contributed by atoms with Crippen LogP contribution < -0.4 is 5.73 Å². The smallest absolute Gasteiger partial charge is 0.0408 e. The van der Waals surface area contributed by atoms with Gasteiger partial charge in [0.15, 0.2) is 0 Å². The molecule has 1 aromatic rings. The average molecular weight is 210 g/mol. The first kappa shape index (κ1) is 11.3. The summed E-state index contributed by atoms with van der Waals surface area (Å²) in [6.07, 6.45) is 0.822. The van der Waals surface area contributed by atoms with Crippen molar-refractivity contribution in [1.82, 2.24) is 0 Å². The van der Waals surface area contributed by atoms with Gasteiger partial charge in [-0.25, -0.2) is 0 Å². The second-order valence-electron chi connectivity index (χ2n) is 3.77. The van der Waals surface area contributed by atoms with Crippen LogP contribution in [0.25, 0.3) is 0 Å². The third-order valence-electron chi connectivity index (χ3n) is 2.20. The molecular formula is C12H16ClN. The minimum Gasteiger partial charge on any atom is -0.324 e. The van der Waals surface area contributed by atoms with Crippen molar-refractivity contribution in [2.45, 2.75) is 26.3 Å². The summed E-state index contributed by atoms with van der Waals surface area (Å²) in [5, 5.41) is 0.758. The van der Waals surface area contributed by atoms with Gasteiger partial charge < -0.3 is 5.73 Å². The fourth-order valence-electron chi connectivity index (χ4n) is 1.54. The molecule has 1 nitrogen and oxygen atoms in total. The monoisotopic (exact) mass is 209 g/mol. The van der Waals surface area contributed by atoms with E-state index in [9.17, 15) is 0 Å². The van der Waals surface area contributed by atoms with Gasteiger partial charge in [0.05, 0.1) is 0 Å². The highest BCUT2D eigenvalue weighted by Crippen LogP contribution is 2.23. The maximum Gasteiger partial charge on any atom is 0.0408 e. The molecule has 76 valence electrons. The van der Waals surface area contributed by atoms with Crippen LogP contribution in [0.5, 0.6) is 0 Å². The number of halogens is 1. The fraction of sp³-hybridized carbons (Fsp3) is 0.333. The second kappa shape index (κ2) is 4.63. The lowest BCUT2D eigenvalue weighted by atomic mass is 9.97. The molecule has 0 saturated carbocycles. The lowest BCUT2D eigenvalue weighted by Crippen LogP contribution is -2.11. The molecule has 0 spiro atoms. The second-order valence-corrected chi connectivity index (χ2v) is 4.21. The van der Waals surface area contributed by atoms with Gasteiger partial charge in [-0.3, -0.25) is 0 Å². The van der Waals surface area contributed by atoms with Gasteiger partial charge in [0.25, 0.3) is 0 Å². The van der Waals surface area contributed by atoms with Crippen molar-refractivity contribution < 1.29 is 0 Å². The summed E-state index contributed by atoms with van der Waals surface area (Å²) in [5.41, 5.74) is 9.44. The number of hydrogen-bond acceptors (Lipinski definition) is 1. The van der Waals surface area contributed by atoms with Gasteiger partial charge in [-0.2, -0.15) is 0 Å². The van der Waals surface area contributed by atoms with Crippen LogP contribution in [0.1, 0.15) is 30.5 Å². The number of benzene rings is 1. The van der Waals surface area contributed by atoms with Crippen molar-refractivity contribution in [3.8, 4) is 0 Å². The molecule has 0 radical (unpaired) electrons. The van der Waals surface area contributed by atoms with E-state index in [1.165, 1.54) is 0 Å². The van der Waals surface area contributed by atoms with Gasteiger partial charge in [-0.15, -0.1) is 6.58 Å². The number of rotatable bonds is 3. The molecule has 0 aliphatic rings. The Morgan fingerprint density at radius 1 is 1.57 bits per heavy atom. The van der Waals surface area contributed by atoms with E-state index in [4.69, 9.17) is 17.3 Å². The molecule has 0 fully saturated rings. The lowest BCUT2D eigenvalue weighted by molar-refractivity contribution is 0.712. The third kappa shape index (κ3) is 2.86. The normalized spacial score (nSPS) is 12.6. The highest BCUT2D eigenvalue weighted by molar-refractivity contribution is 6.30. The van der Waals surface area contributed by atoms with Crippen molar-refractivity contribution >= 4 is 11.6 Å². The Bertz CT molecular complexity index is 344. The van der Waals surface area contributed by atoms with Gasteiger partial charge in [0.1, 0.15) is 0 Å². The maximum atomic E-state index is 6.04. The standard InChI is InChI=1S/C12H16ClN/c1-8(2)6-12(14)11-5-4-10(13)7-9(11)3/h4-5,7,12H,1,6,14H2,2-3H3/t12-/m1/s1. The third-order valence-corrected chi connectivity index (χ3v) is 2.43. The summed E-state index contributed by atoms with van der Waals surface area (Å²) in [6.45, 7) is 7.88. The Hall–Kier alpha value is -0.790. The van der Waals surface area contributed by atoms with Crippen molar-refractivity contribution in [3.05, 3.63) is 46.5 Å². The summed E-state index contributed by atoms with van der Waals surface area (Å²) in [7, 11) is 0. The summed E-state index contributed by atoms with van der Waals surface area (Å²) in [5.74, 6) is 0. The van der Waals surface area contributed by atoms with E-state index in [0.717, 1.165) is 28.1 Å². The topological polar surface area (TPSA) is 26.0 Å². The molecule has 0 aromatic heterocycles. The van der Waals surface area contributed by atoms with Crippen LogP contribution in [0.4, 0.5) is 0 Å². The average Bonchev–Trinajstić information content (AvgIpc) is 2.01.